The van der Waals surface area contributed by atoms with Crippen LogP contribution in [0.25, 0.3) is 0 Å². The number of carboxylic acids is 1. The van der Waals surface area contributed by atoms with Crippen LogP contribution in [0.2, 0.25) is 10.0 Å². The Hall–Kier alpha value is -2.32. The summed E-state index contributed by atoms with van der Waals surface area (Å²) in [7, 11) is -3.91. The number of halogens is 2. The van der Waals surface area contributed by atoms with E-state index in [0.29, 0.717) is 22.2 Å². The van der Waals surface area contributed by atoms with Gasteiger partial charge >= 0.3 is 5.97 Å². The van der Waals surface area contributed by atoms with E-state index < -0.39 is 22.0 Å². The molecule has 0 saturated heterocycles. The molecule has 6 nitrogen and oxygen atoms in total. The molecule has 0 spiro atoms. The van der Waals surface area contributed by atoms with Crippen molar-refractivity contribution in [3.05, 3.63) is 87.7 Å². The second kappa shape index (κ2) is 7.50. The largest absolute Gasteiger partial charge is 0.478 e. The number of nitrogens with zero attached hydrogens (tertiary/aromatic N) is 2. The van der Waals surface area contributed by atoms with Crippen molar-refractivity contribution < 1.29 is 18.3 Å². The van der Waals surface area contributed by atoms with Crippen molar-refractivity contribution in [3.63, 3.8) is 0 Å². The fourth-order valence-corrected chi connectivity index (χ4v) is 5.65. The van der Waals surface area contributed by atoms with Crippen molar-refractivity contribution in [3.8, 4) is 0 Å². The van der Waals surface area contributed by atoms with E-state index in [9.17, 15) is 13.2 Å². The molecule has 9 heteroatoms. The van der Waals surface area contributed by atoms with E-state index in [2.05, 4.69) is 0 Å². The highest BCUT2D eigenvalue weighted by molar-refractivity contribution is 7.89. The number of hydrogen-bond donors (Lipinski definition) is 1. The molecular weight excluding hydrogens is 435 g/mol. The van der Waals surface area contributed by atoms with Gasteiger partial charge in [0, 0.05) is 35.0 Å². The lowest BCUT2D eigenvalue weighted by molar-refractivity contribution is 0.0696. The van der Waals surface area contributed by atoms with Crippen LogP contribution in [0.3, 0.4) is 0 Å². The van der Waals surface area contributed by atoms with Crippen LogP contribution >= 0.6 is 23.2 Å². The third-order valence-corrected chi connectivity index (χ3v) is 7.40. The summed E-state index contributed by atoms with van der Waals surface area (Å²) in [5, 5.41) is 9.90. The Morgan fingerprint density at radius 1 is 1.03 bits per heavy atom. The summed E-state index contributed by atoms with van der Waals surface area (Å²) >= 11 is 12.5. The highest BCUT2D eigenvalue weighted by Crippen LogP contribution is 2.40. The van der Waals surface area contributed by atoms with Gasteiger partial charge in [-0.25, -0.2) is 13.2 Å². The number of hydrogen-bond acceptors (Lipinski definition) is 3. The second-order valence-corrected chi connectivity index (χ2v) is 9.37. The van der Waals surface area contributed by atoms with Gasteiger partial charge in [0.05, 0.1) is 16.5 Å². The van der Waals surface area contributed by atoms with E-state index in [1.165, 1.54) is 28.6 Å². The highest BCUT2D eigenvalue weighted by Gasteiger charge is 2.38. The number of benzene rings is 2. The van der Waals surface area contributed by atoms with Gasteiger partial charge in [0.25, 0.3) is 0 Å². The Balaban J connectivity index is 1.83. The topological polar surface area (TPSA) is 79.6 Å². The van der Waals surface area contributed by atoms with Gasteiger partial charge < -0.3 is 9.67 Å². The molecule has 1 aliphatic rings. The summed E-state index contributed by atoms with van der Waals surface area (Å²) in [6, 6.07) is 13.3. The Morgan fingerprint density at radius 3 is 2.41 bits per heavy atom. The number of fused-ring (bicyclic) bond motifs is 1. The maximum Gasteiger partial charge on any atom is 0.335 e. The molecule has 1 unspecified atom stereocenters. The summed E-state index contributed by atoms with van der Waals surface area (Å²) < 4.78 is 30.3. The summed E-state index contributed by atoms with van der Waals surface area (Å²) in [5.41, 5.74) is 1.45. The second-order valence-electron chi connectivity index (χ2n) is 6.64. The van der Waals surface area contributed by atoms with Crippen molar-refractivity contribution in [2.45, 2.75) is 17.5 Å². The molecule has 1 atom stereocenters. The van der Waals surface area contributed by atoms with Gasteiger partial charge in [0.2, 0.25) is 10.0 Å². The Bertz CT molecular complexity index is 1190. The molecule has 1 aliphatic heterocycles. The summed E-state index contributed by atoms with van der Waals surface area (Å²) in [6.45, 7) is 0.741. The molecule has 150 valence electrons. The van der Waals surface area contributed by atoms with Crippen LogP contribution in [0, 0.1) is 0 Å². The zero-order chi connectivity index (χ0) is 20.8. The van der Waals surface area contributed by atoms with Gasteiger partial charge in [-0.3, -0.25) is 0 Å². The molecule has 0 aliphatic carbocycles. The predicted octanol–water partition coefficient (Wildman–Crippen LogP) is 4.29. The lowest BCUT2D eigenvalue weighted by atomic mass is 10.0. The van der Waals surface area contributed by atoms with Gasteiger partial charge in [0.15, 0.2) is 0 Å². The molecule has 4 rings (SSSR count). The fraction of sp³-hybridized carbons (Fsp3) is 0.150. The SMILES string of the molecule is O=C(O)c1ccc(S(=O)(=O)N2CCn3cccc3C2c2ccc(Cl)cc2Cl)cc1. The standard InChI is InChI=1S/C20H16Cl2N2O4S/c21-14-5-8-16(17(22)12-14)19-18-2-1-9-23(18)10-11-24(19)29(27,28)15-6-3-13(4-7-15)20(25)26/h1-9,12,19H,10-11H2,(H,25,26). The number of aromatic nitrogens is 1. The average molecular weight is 451 g/mol. The summed E-state index contributed by atoms with van der Waals surface area (Å²) in [5.74, 6) is -1.12. The Labute approximate surface area is 178 Å². The molecule has 2 aromatic carbocycles. The molecule has 0 fully saturated rings. The third kappa shape index (κ3) is 3.55. The van der Waals surface area contributed by atoms with Crippen LogP contribution in [0.1, 0.15) is 27.7 Å². The van der Waals surface area contributed by atoms with E-state index in [1.807, 2.05) is 22.9 Å². The van der Waals surface area contributed by atoms with E-state index in [4.69, 9.17) is 28.3 Å². The smallest absolute Gasteiger partial charge is 0.335 e. The molecule has 29 heavy (non-hydrogen) atoms. The molecule has 0 bridgehead atoms. The lowest BCUT2D eigenvalue weighted by Gasteiger charge is -2.36. The van der Waals surface area contributed by atoms with Crippen LogP contribution in [-0.4, -0.2) is 34.9 Å². The number of rotatable bonds is 4. The zero-order valence-corrected chi connectivity index (χ0v) is 17.3. The van der Waals surface area contributed by atoms with E-state index >= 15 is 0 Å². The van der Waals surface area contributed by atoms with Crippen LogP contribution in [0.15, 0.2) is 65.7 Å². The maximum atomic E-state index is 13.5. The van der Waals surface area contributed by atoms with Crippen LogP contribution in [0.4, 0.5) is 0 Å². The van der Waals surface area contributed by atoms with E-state index in [-0.39, 0.29) is 17.0 Å². The van der Waals surface area contributed by atoms with Crippen LogP contribution < -0.4 is 0 Å². The predicted molar refractivity (Wildman–Crippen MR) is 110 cm³/mol. The molecule has 0 radical (unpaired) electrons. The highest BCUT2D eigenvalue weighted by atomic mass is 35.5. The average Bonchev–Trinajstić information content (AvgIpc) is 3.16. The number of aromatic carboxylic acids is 1. The maximum absolute atomic E-state index is 13.5. The minimum atomic E-state index is -3.91. The first-order chi connectivity index (χ1) is 13.8. The zero-order valence-electron chi connectivity index (χ0n) is 15.0. The molecule has 3 aromatic rings. The van der Waals surface area contributed by atoms with Gasteiger partial charge in [-0.05, 0) is 54.1 Å². The minimum absolute atomic E-state index is 0.0220. The lowest BCUT2D eigenvalue weighted by Crippen LogP contribution is -2.42. The molecule has 2 heterocycles. The first-order valence-corrected chi connectivity index (χ1v) is 10.9. The minimum Gasteiger partial charge on any atom is -0.478 e. The number of sulfonamides is 1. The quantitative estimate of drug-likeness (QED) is 0.642. The summed E-state index contributed by atoms with van der Waals surface area (Å²) in [4.78, 5) is 11.1. The molecular formula is C20H16Cl2N2O4S. The molecule has 0 amide bonds. The van der Waals surface area contributed by atoms with Gasteiger partial charge in [-0.15, -0.1) is 0 Å². The van der Waals surface area contributed by atoms with Crippen LogP contribution in [0.5, 0.6) is 0 Å². The van der Waals surface area contributed by atoms with Crippen molar-refractivity contribution in [1.82, 2.24) is 8.87 Å². The van der Waals surface area contributed by atoms with Gasteiger partial charge in [0.1, 0.15) is 0 Å². The van der Waals surface area contributed by atoms with Gasteiger partial charge in [-0.2, -0.15) is 4.31 Å². The Kier molecular flexibility index (Phi) is 5.16. The van der Waals surface area contributed by atoms with Crippen molar-refractivity contribution in [2.75, 3.05) is 6.54 Å². The molecule has 1 aromatic heterocycles. The van der Waals surface area contributed by atoms with Crippen LogP contribution in [-0.2, 0) is 16.6 Å². The van der Waals surface area contributed by atoms with Gasteiger partial charge in [-0.1, -0.05) is 29.3 Å². The normalized spacial score (nSPS) is 17.1. The fourth-order valence-electron chi connectivity index (χ4n) is 3.56. The Morgan fingerprint density at radius 2 is 1.76 bits per heavy atom. The number of carbonyl (C=O) groups is 1. The van der Waals surface area contributed by atoms with Crippen molar-refractivity contribution in [2.24, 2.45) is 0 Å². The first-order valence-electron chi connectivity index (χ1n) is 8.74. The third-order valence-electron chi connectivity index (χ3n) is 4.96. The summed E-state index contributed by atoms with van der Waals surface area (Å²) in [6.07, 6.45) is 1.90. The van der Waals surface area contributed by atoms with E-state index in [0.717, 1.165) is 5.69 Å². The molecule has 1 N–H and O–H groups in total. The van der Waals surface area contributed by atoms with Crippen molar-refractivity contribution >= 4 is 39.2 Å². The first kappa shape index (κ1) is 20.0. The van der Waals surface area contributed by atoms with Crippen molar-refractivity contribution in [1.29, 1.82) is 0 Å². The number of carboxylic acid groups (broad SMARTS) is 1. The monoisotopic (exact) mass is 450 g/mol. The van der Waals surface area contributed by atoms with E-state index in [1.54, 1.807) is 18.2 Å². The molecule has 0 saturated carbocycles.